The van der Waals surface area contributed by atoms with E-state index < -0.39 is 51.3 Å². The highest BCUT2D eigenvalue weighted by Crippen LogP contribution is 2.44. The van der Waals surface area contributed by atoms with Crippen molar-refractivity contribution in [3.8, 4) is 17.0 Å². The Morgan fingerprint density at radius 3 is 2.44 bits per heavy atom. The van der Waals surface area contributed by atoms with Crippen LogP contribution in [-0.4, -0.2) is 91.4 Å². The summed E-state index contributed by atoms with van der Waals surface area (Å²) in [5, 5.41) is 4.64. The number of carbonyl (C=O) groups is 2. The lowest BCUT2D eigenvalue weighted by atomic mass is 10.0. The third-order valence-corrected chi connectivity index (χ3v) is 8.69. The van der Waals surface area contributed by atoms with Gasteiger partial charge in [-0.05, 0) is 51.8 Å². The van der Waals surface area contributed by atoms with Gasteiger partial charge >= 0.3 is 12.5 Å². The van der Waals surface area contributed by atoms with Gasteiger partial charge in [-0.2, -0.15) is 5.10 Å². The molecule has 4 heterocycles. The van der Waals surface area contributed by atoms with E-state index in [9.17, 15) is 31.2 Å². The minimum atomic E-state index is -5.01. The second-order valence-corrected chi connectivity index (χ2v) is 13.2. The van der Waals surface area contributed by atoms with Gasteiger partial charge in [0.05, 0.1) is 35.6 Å². The number of amides is 2. The van der Waals surface area contributed by atoms with Gasteiger partial charge in [0.25, 0.3) is 5.91 Å². The summed E-state index contributed by atoms with van der Waals surface area (Å²) in [6.45, 7) is 7.16. The first-order chi connectivity index (χ1) is 19.1. The molecular weight excluding hydrogens is 569 g/mol. The average molecular weight is 601 g/mol. The lowest BCUT2D eigenvalue weighted by Gasteiger charge is -2.35. The van der Waals surface area contributed by atoms with Crippen LogP contribution in [0.1, 0.15) is 55.7 Å². The van der Waals surface area contributed by atoms with Gasteiger partial charge in [-0.1, -0.05) is 0 Å². The molecule has 0 bridgehead atoms. The highest BCUT2D eigenvalue weighted by atomic mass is 32.2. The predicted octanol–water partition coefficient (Wildman–Crippen LogP) is 3.78. The third-order valence-electron chi connectivity index (χ3n) is 7.01. The first-order valence-corrected chi connectivity index (χ1v) is 14.9. The van der Waals surface area contributed by atoms with Crippen LogP contribution in [0.15, 0.2) is 23.1 Å². The van der Waals surface area contributed by atoms with Crippen molar-refractivity contribution < 1.29 is 45.4 Å². The summed E-state index contributed by atoms with van der Waals surface area (Å²) < 4.78 is 81.9. The summed E-state index contributed by atoms with van der Waals surface area (Å²) >= 11 is 0. The highest BCUT2D eigenvalue weighted by molar-refractivity contribution is 7.90. The molecule has 2 saturated heterocycles. The molecule has 0 spiro atoms. The number of benzene rings is 1. The molecule has 2 fully saturated rings. The standard InChI is InChI=1S/C26H31F3N4O7S/c1-25(2,3)40-24(35)32-8-4-5-16(14-32)33-22-18-7-6-17(39-26(27,28)29)13-20(18)41(36,37)15-19(22)21(30-33)23(34)31-9-11-38-12-10-31/h6-7,13,16H,4-5,8-12,14-15H2,1-3H3. The Kier molecular flexibility index (Phi) is 7.47. The fourth-order valence-corrected chi connectivity index (χ4v) is 6.92. The van der Waals surface area contributed by atoms with E-state index in [1.54, 1.807) is 25.5 Å². The van der Waals surface area contributed by atoms with Crippen molar-refractivity contribution in [2.24, 2.45) is 0 Å². The highest BCUT2D eigenvalue weighted by Gasteiger charge is 2.41. The monoisotopic (exact) mass is 600 g/mol. The SMILES string of the molecule is CC(C)(C)OC(=O)N1CCCC(n2nc(C(=O)N3CCOCC3)c3c2-c2ccc(OC(F)(F)F)cc2S(=O)(=O)C3)C1. The van der Waals surface area contributed by atoms with E-state index >= 15 is 0 Å². The third kappa shape index (κ3) is 6.15. The number of nitrogens with zero attached hydrogens (tertiary/aromatic N) is 4. The van der Waals surface area contributed by atoms with Crippen molar-refractivity contribution in [3.63, 3.8) is 0 Å². The minimum absolute atomic E-state index is 0.0406. The molecule has 5 rings (SSSR count). The number of hydrogen-bond acceptors (Lipinski definition) is 8. The Balaban J connectivity index is 1.60. The first kappa shape index (κ1) is 29.2. The molecule has 11 nitrogen and oxygen atoms in total. The number of hydrogen-bond donors (Lipinski definition) is 0. The van der Waals surface area contributed by atoms with Crippen LogP contribution in [0.5, 0.6) is 5.75 Å². The number of morpholine rings is 1. The van der Waals surface area contributed by atoms with Crippen molar-refractivity contribution >= 4 is 21.8 Å². The summed E-state index contributed by atoms with van der Waals surface area (Å²) in [5.74, 6) is -1.76. The number of likely N-dealkylation sites (tertiary alicyclic amines) is 1. The number of carbonyl (C=O) groups excluding carboxylic acids is 2. The van der Waals surface area contributed by atoms with E-state index in [4.69, 9.17) is 9.47 Å². The van der Waals surface area contributed by atoms with Crippen LogP contribution in [-0.2, 0) is 25.1 Å². The summed E-state index contributed by atoms with van der Waals surface area (Å²) in [6, 6.07) is 2.67. The Hall–Kier alpha value is -3.33. The van der Waals surface area contributed by atoms with Gasteiger partial charge in [0.1, 0.15) is 11.4 Å². The fourth-order valence-electron chi connectivity index (χ4n) is 5.31. The number of halogens is 3. The van der Waals surface area contributed by atoms with Gasteiger partial charge in [0.15, 0.2) is 15.5 Å². The predicted molar refractivity (Wildman–Crippen MR) is 138 cm³/mol. The normalized spacial score (nSPS) is 20.7. The molecule has 3 aliphatic rings. The van der Waals surface area contributed by atoms with Gasteiger partial charge < -0.3 is 24.0 Å². The zero-order valence-electron chi connectivity index (χ0n) is 22.9. The van der Waals surface area contributed by atoms with E-state index in [2.05, 4.69) is 9.84 Å². The van der Waals surface area contributed by atoms with E-state index in [1.165, 1.54) is 15.9 Å². The fraction of sp³-hybridized carbons (Fsp3) is 0.577. The molecule has 41 heavy (non-hydrogen) atoms. The van der Waals surface area contributed by atoms with Crippen molar-refractivity contribution in [1.29, 1.82) is 0 Å². The lowest BCUT2D eigenvalue weighted by Crippen LogP contribution is -2.43. The van der Waals surface area contributed by atoms with Crippen LogP contribution in [0, 0.1) is 0 Å². The van der Waals surface area contributed by atoms with Crippen molar-refractivity contribution in [1.82, 2.24) is 19.6 Å². The molecule has 15 heteroatoms. The Bertz CT molecular complexity index is 1460. The maximum atomic E-state index is 13.6. The van der Waals surface area contributed by atoms with Gasteiger partial charge in [-0.25, -0.2) is 13.2 Å². The molecule has 1 unspecified atom stereocenters. The lowest BCUT2D eigenvalue weighted by molar-refractivity contribution is -0.274. The quantitative estimate of drug-likeness (QED) is 0.522. The molecule has 3 aliphatic heterocycles. The van der Waals surface area contributed by atoms with Crippen molar-refractivity contribution in [2.45, 2.75) is 62.3 Å². The van der Waals surface area contributed by atoms with Crippen molar-refractivity contribution in [3.05, 3.63) is 29.5 Å². The first-order valence-electron chi connectivity index (χ1n) is 13.2. The summed E-state index contributed by atoms with van der Waals surface area (Å²) in [5.41, 5.74) is -0.144. The molecule has 1 aromatic heterocycles. The molecule has 2 amide bonds. The number of rotatable bonds is 3. The largest absolute Gasteiger partial charge is 0.573 e. The maximum Gasteiger partial charge on any atom is 0.573 e. The van der Waals surface area contributed by atoms with Gasteiger partial charge in [-0.15, -0.1) is 13.2 Å². The maximum absolute atomic E-state index is 13.6. The summed E-state index contributed by atoms with van der Waals surface area (Å²) in [6.07, 6.45) is -4.36. The second kappa shape index (κ2) is 10.5. The zero-order chi connectivity index (χ0) is 29.7. The molecule has 224 valence electrons. The molecule has 1 aromatic carbocycles. The van der Waals surface area contributed by atoms with E-state index in [1.807, 2.05) is 0 Å². The average Bonchev–Trinajstić information content (AvgIpc) is 3.25. The topological polar surface area (TPSA) is 120 Å². The van der Waals surface area contributed by atoms with Crippen molar-refractivity contribution in [2.75, 3.05) is 39.4 Å². The number of fused-ring (bicyclic) bond motifs is 3. The molecule has 2 aromatic rings. The molecule has 1 atom stereocenters. The molecule has 0 radical (unpaired) electrons. The Morgan fingerprint density at radius 2 is 1.78 bits per heavy atom. The van der Waals surface area contributed by atoms with Crippen LogP contribution in [0.2, 0.25) is 0 Å². The van der Waals surface area contributed by atoms with E-state index in [0.29, 0.717) is 51.4 Å². The van der Waals surface area contributed by atoms with Gasteiger partial charge in [0, 0.05) is 37.3 Å². The Morgan fingerprint density at radius 1 is 1.07 bits per heavy atom. The molecular formula is C26H31F3N4O7S. The van der Waals surface area contributed by atoms with E-state index in [0.717, 1.165) is 12.1 Å². The number of aromatic nitrogens is 2. The smallest absolute Gasteiger partial charge is 0.444 e. The van der Waals surface area contributed by atoms with Gasteiger partial charge in [-0.3, -0.25) is 9.48 Å². The summed E-state index contributed by atoms with van der Waals surface area (Å²) in [7, 11) is -4.16. The summed E-state index contributed by atoms with van der Waals surface area (Å²) in [4.78, 5) is 29.2. The van der Waals surface area contributed by atoms with Crippen LogP contribution in [0.25, 0.3) is 11.3 Å². The van der Waals surface area contributed by atoms with Crippen LogP contribution >= 0.6 is 0 Å². The number of sulfone groups is 1. The molecule has 0 saturated carbocycles. The molecule has 0 N–H and O–H groups in total. The second-order valence-electron chi connectivity index (χ2n) is 11.2. The number of piperidine rings is 1. The van der Waals surface area contributed by atoms with Crippen LogP contribution < -0.4 is 4.74 Å². The molecule has 0 aliphatic carbocycles. The Labute approximate surface area is 235 Å². The van der Waals surface area contributed by atoms with E-state index in [-0.39, 0.29) is 28.3 Å². The zero-order valence-corrected chi connectivity index (χ0v) is 23.7. The minimum Gasteiger partial charge on any atom is -0.444 e. The van der Waals surface area contributed by atoms with Crippen LogP contribution in [0.3, 0.4) is 0 Å². The number of alkyl halides is 3. The van der Waals surface area contributed by atoms with Crippen LogP contribution in [0.4, 0.5) is 18.0 Å². The van der Waals surface area contributed by atoms with Gasteiger partial charge in [0.2, 0.25) is 0 Å². The number of ether oxygens (including phenoxy) is 3.